The maximum Gasteiger partial charge on any atom is 0.251 e. The van der Waals surface area contributed by atoms with Crippen molar-refractivity contribution in [2.45, 2.75) is 13.0 Å². The minimum atomic E-state index is -0.0927. The zero-order valence-electron chi connectivity index (χ0n) is 13.6. The van der Waals surface area contributed by atoms with Gasteiger partial charge in [-0.25, -0.2) is 0 Å². The van der Waals surface area contributed by atoms with Crippen LogP contribution in [-0.2, 0) is 13.0 Å². The summed E-state index contributed by atoms with van der Waals surface area (Å²) >= 11 is 5.12. The lowest BCUT2D eigenvalue weighted by molar-refractivity contribution is 0.0951. The van der Waals surface area contributed by atoms with Crippen molar-refractivity contribution in [1.82, 2.24) is 5.32 Å². The van der Waals surface area contributed by atoms with Gasteiger partial charge in [0.1, 0.15) is 5.75 Å². The number of benzene rings is 2. The topological polar surface area (TPSA) is 38.3 Å². The van der Waals surface area contributed by atoms with Crippen molar-refractivity contribution in [1.29, 1.82) is 0 Å². The first-order chi connectivity index (χ1) is 12.2. The van der Waals surface area contributed by atoms with E-state index in [-0.39, 0.29) is 5.91 Å². The molecule has 5 heteroatoms. The maximum absolute atomic E-state index is 12.2. The normalized spacial score (nSPS) is 10.4. The summed E-state index contributed by atoms with van der Waals surface area (Å²) in [6, 6.07) is 19.6. The Kier molecular flexibility index (Phi) is 6.25. The van der Waals surface area contributed by atoms with Gasteiger partial charge in [-0.05, 0) is 51.1 Å². The lowest BCUT2D eigenvalue weighted by Crippen LogP contribution is -2.22. The average Bonchev–Trinajstić information content (AvgIpc) is 3.15. The van der Waals surface area contributed by atoms with E-state index in [1.54, 1.807) is 23.5 Å². The van der Waals surface area contributed by atoms with Crippen LogP contribution < -0.4 is 10.1 Å². The van der Waals surface area contributed by atoms with E-state index < -0.39 is 0 Å². The molecule has 3 nitrogen and oxygen atoms in total. The molecular weight excluding hydrogens is 398 g/mol. The largest absolute Gasteiger partial charge is 0.492 e. The van der Waals surface area contributed by atoms with E-state index in [0.717, 1.165) is 21.5 Å². The van der Waals surface area contributed by atoms with Crippen molar-refractivity contribution in [2.24, 2.45) is 0 Å². The minimum Gasteiger partial charge on any atom is -0.492 e. The van der Waals surface area contributed by atoms with Gasteiger partial charge in [-0.1, -0.05) is 36.4 Å². The van der Waals surface area contributed by atoms with E-state index in [9.17, 15) is 4.79 Å². The Morgan fingerprint density at radius 2 is 1.92 bits per heavy atom. The number of thiophene rings is 1. The molecule has 0 fully saturated rings. The standard InChI is InChI=1S/C20H18BrNO2S/c21-18-13-16(20(23)22-14-17-7-4-12-25-17)8-9-19(18)24-11-10-15-5-2-1-3-6-15/h1-9,12-13H,10-11,14H2,(H,22,23). The molecule has 0 spiro atoms. The number of rotatable bonds is 7. The molecule has 0 saturated heterocycles. The average molecular weight is 416 g/mol. The highest BCUT2D eigenvalue weighted by Gasteiger charge is 2.09. The second-order valence-corrected chi connectivity index (χ2v) is 7.38. The monoisotopic (exact) mass is 415 g/mol. The van der Waals surface area contributed by atoms with Gasteiger partial charge >= 0.3 is 0 Å². The molecular formula is C20H18BrNO2S. The molecule has 3 rings (SSSR count). The number of hydrogen-bond donors (Lipinski definition) is 1. The molecule has 3 aromatic rings. The summed E-state index contributed by atoms with van der Waals surface area (Å²) in [6.45, 7) is 1.13. The molecule has 2 aromatic carbocycles. The van der Waals surface area contributed by atoms with Gasteiger partial charge in [0.2, 0.25) is 0 Å². The Balaban J connectivity index is 1.53. The molecule has 0 atom stereocenters. The van der Waals surface area contributed by atoms with E-state index >= 15 is 0 Å². The van der Waals surface area contributed by atoms with Gasteiger partial charge in [-0.3, -0.25) is 4.79 Å². The van der Waals surface area contributed by atoms with Crippen LogP contribution in [0.25, 0.3) is 0 Å². The van der Waals surface area contributed by atoms with E-state index in [2.05, 4.69) is 33.4 Å². The second kappa shape index (κ2) is 8.83. The van der Waals surface area contributed by atoms with Crippen molar-refractivity contribution in [3.8, 4) is 5.75 Å². The summed E-state index contributed by atoms with van der Waals surface area (Å²) in [4.78, 5) is 13.4. The van der Waals surface area contributed by atoms with E-state index in [1.165, 1.54) is 5.56 Å². The van der Waals surface area contributed by atoms with Crippen LogP contribution in [0.15, 0.2) is 70.5 Å². The van der Waals surface area contributed by atoms with E-state index in [0.29, 0.717) is 18.7 Å². The Morgan fingerprint density at radius 1 is 1.08 bits per heavy atom. The lowest BCUT2D eigenvalue weighted by Gasteiger charge is -2.10. The molecule has 0 aliphatic carbocycles. The minimum absolute atomic E-state index is 0.0927. The molecule has 0 aliphatic rings. The van der Waals surface area contributed by atoms with E-state index in [4.69, 9.17) is 4.74 Å². The Hall–Kier alpha value is -2.11. The van der Waals surface area contributed by atoms with Crippen LogP contribution in [0.3, 0.4) is 0 Å². The summed E-state index contributed by atoms with van der Waals surface area (Å²) in [5.74, 6) is 0.649. The predicted molar refractivity (Wildman–Crippen MR) is 105 cm³/mol. The number of hydrogen-bond acceptors (Lipinski definition) is 3. The molecule has 1 N–H and O–H groups in total. The molecule has 1 amide bonds. The first-order valence-corrected chi connectivity index (χ1v) is 9.66. The first kappa shape index (κ1) is 17.7. The summed E-state index contributed by atoms with van der Waals surface area (Å²) in [5.41, 5.74) is 1.85. The number of nitrogens with one attached hydrogen (secondary N) is 1. The smallest absolute Gasteiger partial charge is 0.251 e. The summed E-state index contributed by atoms with van der Waals surface area (Å²) in [5, 5.41) is 4.92. The highest BCUT2D eigenvalue weighted by Crippen LogP contribution is 2.26. The number of carbonyl (C=O) groups is 1. The van der Waals surface area contributed by atoms with Gasteiger partial charge in [-0.2, -0.15) is 0 Å². The van der Waals surface area contributed by atoms with Crippen LogP contribution in [-0.4, -0.2) is 12.5 Å². The van der Waals surface area contributed by atoms with Crippen LogP contribution in [0.1, 0.15) is 20.8 Å². The third-order valence-corrected chi connectivity index (χ3v) is 5.18. The van der Waals surface area contributed by atoms with Crippen LogP contribution in [0.5, 0.6) is 5.75 Å². The number of amides is 1. The molecule has 0 saturated carbocycles. The van der Waals surface area contributed by atoms with Gasteiger partial charge in [0.05, 0.1) is 17.6 Å². The van der Waals surface area contributed by atoms with Crippen molar-refractivity contribution < 1.29 is 9.53 Å². The van der Waals surface area contributed by atoms with Gasteiger partial charge < -0.3 is 10.1 Å². The van der Waals surface area contributed by atoms with Crippen molar-refractivity contribution in [3.05, 3.63) is 86.5 Å². The van der Waals surface area contributed by atoms with Gasteiger partial charge in [-0.15, -0.1) is 11.3 Å². The van der Waals surface area contributed by atoms with E-state index in [1.807, 2.05) is 41.8 Å². The molecule has 0 aliphatic heterocycles. The third-order valence-electron chi connectivity index (χ3n) is 3.69. The third kappa shape index (κ3) is 5.18. The Morgan fingerprint density at radius 3 is 2.64 bits per heavy atom. The Bertz CT molecular complexity index is 819. The fourth-order valence-electron chi connectivity index (χ4n) is 2.37. The number of carbonyl (C=O) groups excluding carboxylic acids is 1. The molecule has 25 heavy (non-hydrogen) atoms. The fraction of sp³-hybridized carbons (Fsp3) is 0.150. The molecule has 1 aromatic heterocycles. The van der Waals surface area contributed by atoms with Gasteiger partial charge in [0, 0.05) is 16.9 Å². The molecule has 0 radical (unpaired) electrons. The SMILES string of the molecule is O=C(NCc1cccs1)c1ccc(OCCc2ccccc2)c(Br)c1. The van der Waals surface area contributed by atoms with Gasteiger partial charge in [0.25, 0.3) is 5.91 Å². The molecule has 128 valence electrons. The second-order valence-electron chi connectivity index (χ2n) is 5.49. The number of halogens is 1. The predicted octanol–water partition coefficient (Wildman–Crippen LogP) is 5.06. The summed E-state index contributed by atoms with van der Waals surface area (Å²) in [6.07, 6.45) is 0.844. The quantitative estimate of drug-likeness (QED) is 0.585. The maximum atomic E-state index is 12.2. The van der Waals surface area contributed by atoms with Crippen LogP contribution >= 0.6 is 27.3 Å². The van der Waals surface area contributed by atoms with Crippen molar-refractivity contribution >= 4 is 33.2 Å². The molecule has 1 heterocycles. The molecule has 0 unspecified atom stereocenters. The number of ether oxygens (including phenoxy) is 1. The summed E-state index contributed by atoms with van der Waals surface area (Å²) in [7, 11) is 0. The zero-order valence-corrected chi connectivity index (χ0v) is 16.0. The summed E-state index contributed by atoms with van der Waals surface area (Å²) < 4.78 is 6.60. The zero-order chi connectivity index (χ0) is 17.5. The van der Waals surface area contributed by atoms with Crippen molar-refractivity contribution in [2.75, 3.05) is 6.61 Å². The van der Waals surface area contributed by atoms with Crippen LogP contribution in [0, 0.1) is 0 Å². The van der Waals surface area contributed by atoms with Crippen LogP contribution in [0.4, 0.5) is 0 Å². The van der Waals surface area contributed by atoms with Crippen LogP contribution in [0.2, 0.25) is 0 Å². The Labute approximate surface area is 159 Å². The van der Waals surface area contributed by atoms with Gasteiger partial charge in [0.15, 0.2) is 0 Å². The fourth-order valence-corrected chi connectivity index (χ4v) is 3.50. The first-order valence-electron chi connectivity index (χ1n) is 7.99. The molecule has 0 bridgehead atoms. The highest BCUT2D eigenvalue weighted by molar-refractivity contribution is 9.10. The van der Waals surface area contributed by atoms with Crippen molar-refractivity contribution in [3.63, 3.8) is 0 Å². The highest BCUT2D eigenvalue weighted by atomic mass is 79.9. The lowest BCUT2D eigenvalue weighted by atomic mass is 10.2.